The fraction of sp³-hybridized carbons (Fsp3) is 0. The second-order valence-corrected chi connectivity index (χ2v) is 6.49. The van der Waals surface area contributed by atoms with Crippen LogP contribution in [0.25, 0.3) is 21.9 Å². The van der Waals surface area contributed by atoms with E-state index in [1.54, 1.807) is 0 Å². The maximum Gasteiger partial charge on any atom is 0.161 e. The summed E-state index contributed by atoms with van der Waals surface area (Å²) in [6.07, 6.45) is 0. The molecule has 4 N–H and O–H groups in total. The molecule has 9 heteroatoms. The lowest BCUT2D eigenvalue weighted by molar-refractivity contribution is 0.672. The van der Waals surface area contributed by atoms with Crippen LogP contribution in [0.1, 0.15) is 0 Å². The predicted molar refractivity (Wildman–Crippen MR) is 92.6 cm³/mol. The molecule has 3 aromatic rings. The highest BCUT2D eigenvalue weighted by Crippen LogP contribution is 2.51. The molecular weight excluding hydrogens is 401 g/mol. The number of hydrogen-bond acceptors (Lipinski definition) is 3. The topological polar surface area (TPSA) is 65.2 Å². The third kappa shape index (κ3) is 1.96. The first kappa shape index (κ1) is 15.5. The van der Waals surface area contributed by atoms with Crippen LogP contribution in [0.15, 0.2) is 4.42 Å². The second-order valence-electron chi connectivity index (χ2n) is 4.22. The van der Waals surface area contributed by atoms with Crippen LogP contribution in [0, 0.1) is 0 Å². The van der Waals surface area contributed by atoms with E-state index in [4.69, 9.17) is 85.5 Å². The summed E-state index contributed by atoms with van der Waals surface area (Å²) in [6.45, 7) is 0. The summed E-state index contributed by atoms with van der Waals surface area (Å²) in [5.74, 6) is 0. The Balaban J connectivity index is 2.73. The van der Waals surface area contributed by atoms with Crippen LogP contribution in [0.5, 0.6) is 0 Å². The van der Waals surface area contributed by atoms with E-state index in [-0.39, 0.29) is 52.7 Å². The number of fused-ring (bicyclic) bond motifs is 3. The molecule has 3 rings (SSSR count). The number of anilines is 2. The average Bonchev–Trinajstić information content (AvgIpc) is 2.87. The van der Waals surface area contributed by atoms with Crippen molar-refractivity contribution >= 4 is 103 Å². The molecule has 0 fully saturated rings. The van der Waals surface area contributed by atoms with Gasteiger partial charge in [0, 0.05) is 0 Å². The zero-order chi connectivity index (χ0) is 15.6. The van der Waals surface area contributed by atoms with Crippen molar-refractivity contribution in [2.45, 2.75) is 0 Å². The van der Waals surface area contributed by atoms with Gasteiger partial charge in [-0.1, -0.05) is 69.6 Å². The van der Waals surface area contributed by atoms with Gasteiger partial charge < -0.3 is 15.9 Å². The summed E-state index contributed by atoms with van der Waals surface area (Å²) in [4.78, 5) is 0. The van der Waals surface area contributed by atoms with Gasteiger partial charge in [0.25, 0.3) is 0 Å². The molecule has 0 spiro atoms. The summed E-state index contributed by atoms with van der Waals surface area (Å²) >= 11 is 36.6. The smallest absolute Gasteiger partial charge is 0.161 e. The standard InChI is InChI=1S/C12H4Cl6N2O/c13-3-1-2-4(14)6(16)8(18)10(20)12(2)21-11(1)9(19)7(17)5(3)15/h19-20H2. The van der Waals surface area contributed by atoms with Crippen LogP contribution < -0.4 is 11.5 Å². The van der Waals surface area contributed by atoms with Crippen molar-refractivity contribution in [1.82, 2.24) is 0 Å². The summed E-state index contributed by atoms with van der Waals surface area (Å²) < 4.78 is 5.64. The van der Waals surface area contributed by atoms with Crippen molar-refractivity contribution in [2.75, 3.05) is 11.5 Å². The van der Waals surface area contributed by atoms with E-state index in [9.17, 15) is 0 Å². The first-order chi connectivity index (χ1) is 9.77. The molecule has 0 bridgehead atoms. The molecule has 0 aliphatic heterocycles. The Morgan fingerprint density at radius 1 is 0.524 bits per heavy atom. The lowest BCUT2D eigenvalue weighted by atomic mass is 10.1. The third-order valence-electron chi connectivity index (χ3n) is 3.08. The maximum absolute atomic E-state index is 6.23. The number of furan rings is 1. The highest BCUT2D eigenvalue weighted by molar-refractivity contribution is 6.56. The largest absolute Gasteiger partial charge is 0.451 e. The zero-order valence-electron chi connectivity index (χ0n) is 9.83. The minimum Gasteiger partial charge on any atom is -0.451 e. The fourth-order valence-corrected chi connectivity index (χ4v) is 3.48. The number of hydrogen-bond donors (Lipinski definition) is 2. The zero-order valence-corrected chi connectivity index (χ0v) is 14.4. The molecule has 110 valence electrons. The summed E-state index contributed by atoms with van der Waals surface area (Å²) in [6, 6.07) is 0. The number of nitrogen functional groups attached to an aromatic ring is 2. The second kappa shape index (κ2) is 5.05. The van der Waals surface area contributed by atoms with Crippen LogP contribution in [0.2, 0.25) is 30.1 Å². The molecule has 0 atom stereocenters. The Labute approximate surface area is 148 Å². The molecule has 0 aliphatic carbocycles. The van der Waals surface area contributed by atoms with E-state index in [1.165, 1.54) is 0 Å². The summed E-state index contributed by atoms with van der Waals surface area (Å²) in [5, 5.41) is 1.40. The molecule has 0 aliphatic rings. The van der Waals surface area contributed by atoms with Crippen LogP contribution >= 0.6 is 69.6 Å². The van der Waals surface area contributed by atoms with Gasteiger partial charge in [-0.15, -0.1) is 0 Å². The van der Waals surface area contributed by atoms with Crippen molar-refractivity contribution < 1.29 is 4.42 Å². The van der Waals surface area contributed by atoms with Gasteiger partial charge in [0.15, 0.2) is 11.2 Å². The minimum absolute atomic E-state index is 0.0834. The molecule has 0 radical (unpaired) electrons. The Morgan fingerprint density at radius 2 is 0.857 bits per heavy atom. The monoisotopic (exact) mass is 402 g/mol. The fourth-order valence-electron chi connectivity index (χ4n) is 2.08. The first-order valence-electron chi connectivity index (χ1n) is 5.37. The van der Waals surface area contributed by atoms with Gasteiger partial charge in [0.05, 0.1) is 52.3 Å². The number of halogens is 6. The van der Waals surface area contributed by atoms with Crippen LogP contribution in [-0.4, -0.2) is 0 Å². The normalized spacial score (nSPS) is 11.7. The first-order valence-corrected chi connectivity index (χ1v) is 7.64. The van der Waals surface area contributed by atoms with Crippen molar-refractivity contribution in [3.63, 3.8) is 0 Å². The Morgan fingerprint density at radius 3 is 1.19 bits per heavy atom. The lowest BCUT2D eigenvalue weighted by Gasteiger charge is -2.06. The molecule has 21 heavy (non-hydrogen) atoms. The van der Waals surface area contributed by atoms with E-state index in [0.29, 0.717) is 10.8 Å². The van der Waals surface area contributed by atoms with Gasteiger partial charge >= 0.3 is 0 Å². The van der Waals surface area contributed by atoms with Crippen molar-refractivity contribution in [3.05, 3.63) is 30.1 Å². The highest BCUT2D eigenvalue weighted by Gasteiger charge is 2.25. The van der Waals surface area contributed by atoms with Gasteiger partial charge in [-0.2, -0.15) is 0 Å². The quantitative estimate of drug-likeness (QED) is 0.324. The molecule has 1 aromatic heterocycles. The lowest BCUT2D eigenvalue weighted by Crippen LogP contribution is -1.89. The molecule has 2 aromatic carbocycles. The predicted octanol–water partition coefficient (Wildman–Crippen LogP) is 6.67. The Kier molecular flexibility index (Phi) is 3.72. The Bertz CT molecular complexity index is 859. The molecule has 0 saturated heterocycles. The van der Waals surface area contributed by atoms with Crippen molar-refractivity contribution in [1.29, 1.82) is 0 Å². The van der Waals surface area contributed by atoms with E-state index in [0.717, 1.165) is 0 Å². The SMILES string of the molecule is Nc1c(Cl)c(Cl)c(Cl)c2c1oc1c(N)c(Cl)c(Cl)c(Cl)c12. The van der Waals surface area contributed by atoms with E-state index in [1.807, 2.05) is 0 Å². The van der Waals surface area contributed by atoms with Gasteiger partial charge in [-0.25, -0.2) is 0 Å². The van der Waals surface area contributed by atoms with E-state index >= 15 is 0 Å². The van der Waals surface area contributed by atoms with Gasteiger partial charge in [0.2, 0.25) is 0 Å². The average molecular weight is 405 g/mol. The third-order valence-corrected chi connectivity index (χ3v) is 5.76. The minimum atomic E-state index is 0.0834. The van der Waals surface area contributed by atoms with Crippen LogP contribution in [0.3, 0.4) is 0 Å². The van der Waals surface area contributed by atoms with Crippen molar-refractivity contribution in [2.24, 2.45) is 0 Å². The van der Waals surface area contributed by atoms with E-state index < -0.39 is 0 Å². The van der Waals surface area contributed by atoms with Crippen molar-refractivity contribution in [3.8, 4) is 0 Å². The van der Waals surface area contributed by atoms with Crippen LogP contribution in [-0.2, 0) is 0 Å². The molecular formula is C12H4Cl6N2O. The van der Waals surface area contributed by atoms with E-state index in [2.05, 4.69) is 0 Å². The molecule has 0 amide bonds. The number of nitrogens with two attached hydrogens (primary N) is 2. The molecule has 3 nitrogen and oxygen atoms in total. The number of rotatable bonds is 0. The van der Waals surface area contributed by atoms with Crippen LogP contribution in [0.4, 0.5) is 11.4 Å². The molecule has 1 heterocycles. The molecule has 0 unspecified atom stereocenters. The number of benzene rings is 2. The summed E-state index contributed by atoms with van der Waals surface area (Å²) in [7, 11) is 0. The molecule has 0 saturated carbocycles. The van der Waals surface area contributed by atoms with Gasteiger partial charge in [-0.05, 0) is 0 Å². The summed E-state index contributed by atoms with van der Waals surface area (Å²) in [5.41, 5.74) is 12.5. The highest BCUT2D eigenvalue weighted by atomic mass is 35.5. The Hall–Kier alpha value is -0.420. The van der Waals surface area contributed by atoms with Gasteiger partial charge in [-0.3, -0.25) is 0 Å². The maximum atomic E-state index is 6.23. The van der Waals surface area contributed by atoms with Gasteiger partial charge in [0.1, 0.15) is 0 Å².